The molecule has 0 saturated carbocycles. The number of aliphatic imine (C=N–C) groups is 1. The molecule has 34 heavy (non-hydrogen) atoms. The number of halogens is 1. The summed E-state index contributed by atoms with van der Waals surface area (Å²) >= 11 is 0. The van der Waals surface area contributed by atoms with Gasteiger partial charge in [-0.25, -0.2) is 26.2 Å². The van der Waals surface area contributed by atoms with Crippen LogP contribution in [-0.4, -0.2) is 63.5 Å². The molecule has 2 aromatic rings. The number of nitrogens with two attached hydrogens (primary N) is 1. The molecule has 182 valence electrons. The van der Waals surface area contributed by atoms with Crippen LogP contribution in [0.2, 0.25) is 0 Å². The first kappa shape index (κ1) is 24.2. The molecule has 2 aliphatic heterocycles. The van der Waals surface area contributed by atoms with Crippen molar-refractivity contribution in [1.29, 1.82) is 0 Å². The van der Waals surface area contributed by atoms with E-state index >= 15 is 0 Å². The summed E-state index contributed by atoms with van der Waals surface area (Å²) in [5, 5.41) is 2.55. The number of anilines is 1. The molecule has 1 aromatic carbocycles. The fourth-order valence-electron chi connectivity index (χ4n) is 4.14. The first-order valence-electron chi connectivity index (χ1n) is 10.2. The molecule has 1 unspecified atom stereocenters. The van der Waals surface area contributed by atoms with Gasteiger partial charge < -0.3 is 15.8 Å². The highest BCUT2D eigenvalue weighted by Gasteiger charge is 2.57. The molecule has 1 amide bonds. The van der Waals surface area contributed by atoms with Crippen LogP contribution in [-0.2, 0) is 30.0 Å². The zero-order chi connectivity index (χ0) is 24.9. The molecule has 0 radical (unpaired) electrons. The first-order valence-corrected chi connectivity index (χ1v) is 13.8. The first-order chi connectivity index (χ1) is 15.8. The molecule has 2 atom stereocenters. The van der Waals surface area contributed by atoms with Crippen LogP contribution in [0.3, 0.4) is 0 Å². The summed E-state index contributed by atoms with van der Waals surface area (Å²) < 4.78 is 68.2. The number of sulfone groups is 2. The van der Waals surface area contributed by atoms with Crippen molar-refractivity contribution >= 4 is 37.1 Å². The van der Waals surface area contributed by atoms with Crippen molar-refractivity contribution in [3.63, 3.8) is 0 Å². The minimum atomic E-state index is -3.83. The molecule has 3 heterocycles. The van der Waals surface area contributed by atoms with E-state index in [0.29, 0.717) is 0 Å². The molecular weight excluding hydrogens is 487 g/mol. The van der Waals surface area contributed by atoms with E-state index in [9.17, 15) is 26.0 Å². The SMILES string of the molecule is C[C@@]1(c2cc(NC(=O)c3ccc(S(C)(=O)=O)cn3)ccc2F)CS(=O)(=O)C2(CCOC2)C(N)=N1. The molecule has 2 aliphatic rings. The zero-order valence-electron chi connectivity index (χ0n) is 18.4. The summed E-state index contributed by atoms with van der Waals surface area (Å²) in [6.07, 6.45) is 2.27. The van der Waals surface area contributed by atoms with Crippen molar-refractivity contribution in [3.8, 4) is 0 Å². The van der Waals surface area contributed by atoms with Gasteiger partial charge in [0.15, 0.2) is 24.4 Å². The predicted molar refractivity (Wildman–Crippen MR) is 123 cm³/mol. The molecule has 4 rings (SSSR count). The maximum absolute atomic E-state index is 14.9. The average molecular weight is 511 g/mol. The van der Waals surface area contributed by atoms with E-state index in [1.807, 2.05) is 0 Å². The molecule has 0 bridgehead atoms. The van der Waals surface area contributed by atoms with Crippen molar-refractivity contribution in [3.05, 3.63) is 53.6 Å². The van der Waals surface area contributed by atoms with E-state index in [1.165, 1.54) is 31.2 Å². The van der Waals surface area contributed by atoms with Gasteiger partial charge in [-0.3, -0.25) is 9.79 Å². The van der Waals surface area contributed by atoms with Gasteiger partial charge in [-0.2, -0.15) is 0 Å². The van der Waals surface area contributed by atoms with Crippen LogP contribution < -0.4 is 11.1 Å². The average Bonchev–Trinajstić information content (AvgIpc) is 3.25. The van der Waals surface area contributed by atoms with E-state index in [-0.39, 0.29) is 47.3 Å². The van der Waals surface area contributed by atoms with Crippen molar-refractivity contribution in [1.82, 2.24) is 4.98 Å². The zero-order valence-corrected chi connectivity index (χ0v) is 20.0. The third-order valence-electron chi connectivity index (χ3n) is 6.09. The van der Waals surface area contributed by atoms with Crippen LogP contribution in [0.15, 0.2) is 46.4 Å². The second-order valence-electron chi connectivity index (χ2n) is 8.63. The Hall–Kier alpha value is -2.90. The number of rotatable bonds is 4. The number of hydrogen-bond donors (Lipinski definition) is 2. The Balaban J connectivity index is 1.65. The predicted octanol–water partition coefficient (Wildman–Crippen LogP) is 1.04. The molecule has 0 aliphatic carbocycles. The number of hydrogen-bond acceptors (Lipinski definition) is 9. The fourth-order valence-corrected chi connectivity index (χ4v) is 6.96. The molecule has 1 spiro atoms. The minimum Gasteiger partial charge on any atom is -0.386 e. The van der Waals surface area contributed by atoms with Crippen LogP contribution in [0, 0.1) is 5.82 Å². The third kappa shape index (κ3) is 4.07. The van der Waals surface area contributed by atoms with E-state index in [0.717, 1.165) is 18.5 Å². The van der Waals surface area contributed by atoms with Crippen molar-refractivity contribution in [2.24, 2.45) is 10.7 Å². The van der Waals surface area contributed by atoms with Gasteiger partial charge >= 0.3 is 0 Å². The quantitative estimate of drug-likeness (QED) is 0.617. The summed E-state index contributed by atoms with van der Waals surface area (Å²) in [7, 11) is -7.31. The van der Waals surface area contributed by atoms with Gasteiger partial charge in [-0.1, -0.05) is 0 Å². The van der Waals surface area contributed by atoms with Gasteiger partial charge in [0.1, 0.15) is 22.9 Å². The number of aromatic nitrogens is 1. The Kier molecular flexibility index (Phi) is 5.77. The monoisotopic (exact) mass is 510 g/mol. The van der Waals surface area contributed by atoms with Gasteiger partial charge in [-0.15, -0.1) is 0 Å². The van der Waals surface area contributed by atoms with E-state index in [1.54, 1.807) is 0 Å². The molecule has 3 N–H and O–H groups in total. The highest BCUT2D eigenvalue weighted by atomic mass is 32.2. The summed E-state index contributed by atoms with van der Waals surface area (Å²) in [5.74, 6) is -1.97. The molecular formula is C21H23FN4O6S2. The van der Waals surface area contributed by atoms with Crippen molar-refractivity contribution in [2.45, 2.75) is 28.5 Å². The number of amidine groups is 1. The number of carbonyl (C=O) groups is 1. The topological polar surface area (TPSA) is 158 Å². The van der Waals surface area contributed by atoms with E-state index in [2.05, 4.69) is 15.3 Å². The van der Waals surface area contributed by atoms with E-state index < -0.39 is 47.4 Å². The highest BCUT2D eigenvalue weighted by Crippen LogP contribution is 2.41. The Morgan fingerprint density at radius 1 is 1.26 bits per heavy atom. The smallest absolute Gasteiger partial charge is 0.274 e. The van der Waals surface area contributed by atoms with Crippen molar-refractivity contribution < 1.29 is 30.8 Å². The molecule has 1 aromatic heterocycles. The number of ether oxygens (including phenoxy) is 1. The van der Waals surface area contributed by atoms with Crippen LogP contribution in [0.1, 0.15) is 29.4 Å². The lowest BCUT2D eigenvalue weighted by molar-refractivity contribution is 0.102. The number of nitrogens with zero attached hydrogens (tertiary/aromatic N) is 2. The summed E-state index contributed by atoms with van der Waals surface area (Å²) in [4.78, 5) is 20.8. The van der Waals surface area contributed by atoms with Gasteiger partial charge in [0, 0.05) is 30.3 Å². The van der Waals surface area contributed by atoms with Crippen LogP contribution in [0.4, 0.5) is 10.1 Å². The second kappa shape index (κ2) is 8.10. The lowest BCUT2D eigenvalue weighted by atomic mass is 9.92. The summed E-state index contributed by atoms with van der Waals surface area (Å²) in [6, 6.07) is 6.20. The normalized spacial score (nSPS) is 26.3. The summed E-state index contributed by atoms with van der Waals surface area (Å²) in [6.45, 7) is 1.61. The van der Waals surface area contributed by atoms with E-state index in [4.69, 9.17) is 10.5 Å². The molecule has 1 saturated heterocycles. The summed E-state index contributed by atoms with van der Waals surface area (Å²) in [5.41, 5.74) is 4.65. The van der Waals surface area contributed by atoms with Gasteiger partial charge in [0.05, 0.1) is 17.3 Å². The van der Waals surface area contributed by atoms with Crippen LogP contribution in [0.25, 0.3) is 0 Å². The van der Waals surface area contributed by atoms with Crippen LogP contribution >= 0.6 is 0 Å². The lowest BCUT2D eigenvalue weighted by Gasteiger charge is -2.39. The fraction of sp³-hybridized carbons (Fsp3) is 0.381. The number of nitrogens with one attached hydrogen (secondary N) is 1. The second-order valence-corrected chi connectivity index (χ2v) is 12.9. The number of pyridine rings is 1. The Labute approximate surface area is 196 Å². The maximum Gasteiger partial charge on any atom is 0.274 e. The number of carbonyl (C=O) groups excluding carboxylic acids is 1. The lowest BCUT2D eigenvalue weighted by Crippen LogP contribution is -2.58. The largest absolute Gasteiger partial charge is 0.386 e. The maximum atomic E-state index is 14.9. The molecule has 13 heteroatoms. The van der Waals surface area contributed by atoms with Gasteiger partial charge in [0.25, 0.3) is 5.91 Å². The number of benzene rings is 1. The van der Waals surface area contributed by atoms with Gasteiger partial charge in [-0.05, 0) is 43.7 Å². The van der Waals surface area contributed by atoms with Crippen molar-refractivity contribution in [2.75, 3.05) is 30.5 Å². The Morgan fingerprint density at radius 2 is 2.00 bits per heavy atom. The standard InChI is InChI=1S/C21H23FN4O6S2/c1-20(12-34(30,31)21(19(23)26-20)7-8-32-11-21)15-9-13(3-5-16(15)22)25-18(27)17-6-4-14(10-24-17)33(2,28)29/h3-6,9-10H,7-8,11-12H2,1-2H3,(H2,23,26)(H,25,27)/t20-,21?/m0/s1. The highest BCUT2D eigenvalue weighted by molar-refractivity contribution is 7.93. The molecule has 10 nitrogen and oxygen atoms in total. The molecule has 1 fully saturated rings. The Morgan fingerprint density at radius 3 is 2.56 bits per heavy atom. The number of amides is 1. The minimum absolute atomic E-state index is 0.0413. The van der Waals surface area contributed by atoms with Gasteiger partial charge in [0.2, 0.25) is 0 Å². The van der Waals surface area contributed by atoms with Crippen LogP contribution in [0.5, 0.6) is 0 Å². The third-order valence-corrected chi connectivity index (χ3v) is 9.85. The Bertz CT molecular complexity index is 1400.